The van der Waals surface area contributed by atoms with Gasteiger partial charge in [0.15, 0.2) is 0 Å². The molecule has 0 aliphatic heterocycles. The van der Waals surface area contributed by atoms with Crippen LogP contribution in [0, 0.1) is 17.7 Å². The lowest BCUT2D eigenvalue weighted by atomic mass is 10.1. The minimum Gasteiger partial charge on any atom is -0.465 e. The molecular weight excluding hydrogens is 233 g/mol. The number of hydrogen-bond donors (Lipinski definition) is 1. The van der Waals surface area contributed by atoms with Crippen molar-refractivity contribution in [2.24, 2.45) is 11.8 Å². The number of anilines is 1. The summed E-state index contributed by atoms with van der Waals surface area (Å²) in [5.41, 5.74) is 0.794. The lowest BCUT2D eigenvalue weighted by Gasteiger charge is -2.16. The van der Waals surface area contributed by atoms with Gasteiger partial charge in [-0.05, 0) is 49.3 Å². The van der Waals surface area contributed by atoms with E-state index in [0.717, 1.165) is 17.5 Å². The molecule has 3 nitrogen and oxygen atoms in total. The Morgan fingerprint density at radius 3 is 2.89 bits per heavy atom. The fraction of sp³-hybridized carbons (Fsp3) is 0.500. The zero-order valence-electron chi connectivity index (χ0n) is 10.3. The third-order valence-corrected chi connectivity index (χ3v) is 4.07. The van der Waals surface area contributed by atoms with Crippen LogP contribution in [0.4, 0.5) is 10.1 Å². The molecule has 0 heterocycles. The van der Waals surface area contributed by atoms with Crippen LogP contribution >= 0.6 is 0 Å². The Kier molecular flexibility index (Phi) is 2.73. The van der Waals surface area contributed by atoms with Crippen LogP contribution in [0.2, 0.25) is 0 Å². The SMILES string of the molecule is COC(=O)c1cc(NC2CC[C@H]3C[C@@H]23)ccc1F. The van der Waals surface area contributed by atoms with Crippen molar-refractivity contribution in [3.63, 3.8) is 0 Å². The number of halogens is 1. The summed E-state index contributed by atoms with van der Waals surface area (Å²) in [7, 11) is 1.26. The summed E-state index contributed by atoms with van der Waals surface area (Å²) < 4.78 is 18.0. The number of fused-ring (bicyclic) bond motifs is 1. The van der Waals surface area contributed by atoms with Crippen LogP contribution in [-0.4, -0.2) is 19.1 Å². The molecule has 18 heavy (non-hydrogen) atoms. The lowest BCUT2D eigenvalue weighted by Crippen LogP contribution is -2.19. The van der Waals surface area contributed by atoms with Gasteiger partial charge in [0.25, 0.3) is 0 Å². The maximum atomic E-state index is 13.5. The summed E-state index contributed by atoms with van der Waals surface area (Å²) in [5.74, 6) is 0.495. The molecule has 96 valence electrons. The van der Waals surface area contributed by atoms with E-state index < -0.39 is 11.8 Å². The van der Waals surface area contributed by atoms with E-state index in [1.54, 1.807) is 6.07 Å². The maximum Gasteiger partial charge on any atom is 0.340 e. The third kappa shape index (κ3) is 1.96. The predicted molar refractivity (Wildman–Crippen MR) is 66.0 cm³/mol. The van der Waals surface area contributed by atoms with Gasteiger partial charge in [-0.3, -0.25) is 0 Å². The van der Waals surface area contributed by atoms with Gasteiger partial charge >= 0.3 is 5.97 Å². The van der Waals surface area contributed by atoms with Crippen LogP contribution in [0.15, 0.2) is 18.2 Å². The number of ether oxygens (including phenoxy) is 1. The fourth-order valence-corrected chi connectivity index (χ4v) is 2.98. The van der Waals surface area contributed by atoms with E-state index in [4.69, 9.17) is 0 Å². The molecule has 0 radical (unpaired) electrons. The molecule has 2 aliphatic rings. The molecule has 2 saturated carbocycles. The van der Waals surface area contributed by atoms with E-state index in [0.29, 0.717) is 6.04 Å². The first-order valence-electron chi connectivity index (χ1n) is 6.33. The topological polar surface area (TPSA) is 38.3 Å². The van der Waals surface area contributed by atoms with Crippen molar-refractivity contribution >= 4 is 11.7 Å². The highest BCUT2D eigenvalue weighted by Gasteiger charge is 2.47. The number of benzene rings is 1. The van der Waals surface area contributed by atoms with Crippen molar-refractivity contribution in [2.45, 2.75) is 25.3 Å². The van der Waals surface area contributed by atoms with E-state index in [2.05, 4.69) is 10.1 Å². The lowest BCUT2D eigenvalue weighted by molar-refractivity contribution is 0.0595. The Bertz CT molecular complexity index is 489. The Morgan fingerprint density at radius 1 is 1.44 bits per heavy atom. The zero-order chi connectivity index (χ0) is 12.7. The molecule has 0 amide bonds. The van der Waals surface area contributed by atoms with Crippen molar-refractivity contribution in [2.75, 3.05) is 12.4 Å². The molecule has 1 unspecified atom stereocenters. The van der Waals surface area contributed by atoms with Gasteiger partial charge in [0, 0.05) is 11.7 Å². The average Bonchev–Trinajstić information content (AvgIpc) is 3.07. The largest absolute Gasteiger partial charge is 0.465 e. The molecule has 3 atom stereocenters. The molecule has 2 fully saturated rings. The van der Waals surface area contributed by atoms with Crippen molar-refractivity contribution in [1.29, 1.82) is 0 Å². The maximum absolute atomic E-state index is 13.5. The van der Waals surface area contributed by atoms with Crippen molar-refractivity contribution in [1.82, 2.24) is 0 Å². The van der Waals surface area contributed by atoms with Gasteiger partial charge < -0.3 is 10.1 Å². The second-order valence-electron chi connectivity index (χ2n) is 5.17. The molecule has 0 bridgehead atoms. The number of esters is 1. The first kappa shape index (κ1) is 11.5. The summed E-state index contributed by atoms with van der Waals surface area (Å²) in [6.45, 7) is 0. The monoisotopic (exact) mass is 249 g/mol. The van der Waals surface area contributed by atoms with Crippen LogP contribution in [0.3, 0.4) is 0 Å². The van der Waals surface area contributed by atoms with Gasteiger partial charge in [0.1, 0.15) is 5.82 Å². The summed E-state index contributed by atoms with van der Waals surface area (Å²) >= 11 is 0. The van der Waals surface area contributed by atoms with E-state index >= 15 is 0 Å². The van der Waals surface area contributed by atoms with Crippen molar-refractivity contribution in [3.8, 4) is 0 Å². The smallest absolute Gasteiger partial charge is 0.340 e. The quantitative estimate of drug-likeness (QED) is 0.837. The second kappa shape index (κ2) is 4.26. The molecule has 1 N–H and O–H groups in total. The van der Waals surface area contributed by atoms with Crippen molar-refractivity contribution < 1.29 is 13.9 Å². The molecule has 0 spiro atoms. The Labute approximate surface area is 105 Å². The van der Waals surface area contributed by atoms with Crippen LogP contribution in [0.1, 0.15) is 29.6 Å². The van der Waals surface area contributed by atoms with E-state index in [1.807, 2.05) is 0 Å². The molecular formula is C14H16FNO2. The summed E-state index contributed by atoms with van der Waals surface area (Å²) in [5, 5.41) is 3.40. The first-order chi connectivity index (χ1) is 8.69. The predicted octanol–water partition coefficient (Wildman–Crippen LogP) is 2.82. The van der Waals surface area contributed by atoms with Gasteiger partial charge in [-0.1, -0.05) is 0 Å². The molecule has 1 aromatic carbocycles. The van der Waals surface area contributed by atoms with Crippen LogP contribution in [0.5, 0.6) is 0 Å². The fourth-order valence-electron chi connectivity index (χ4n) is 2.98. The molecule has 2 aliphatic carbocycles. The van der Waals surface area contributed by atoms with Gasteiger partial charge in [-0.2, -0.15) is 0 Å². The summed E-state index contributed by atoms with van der Waals surface area (Å²) in [4.78, 5) is 11.4. The highest BCUT2D eigenvalue weighted by atomic mass is 19.1. The average molecular weight is 249 g/mol. The molecule has 0 saturated heterocycles. The number of carbonyl (C=O) groups is 1. The highest BCUT2D eigenvalue weighted by Crippen LogP contribution is 2.52. The van der Waals surface area contributed by atoms with Gasteiger partial charge in [0.05, 0.1) is 12.7 Å². The van der Waals surface area contributed by atoms with E-state index in [-0.39, 0.29) is 5.56 Å². The normalized spacial score (nSPS) is 28.7. The van der Waals surface area contributed by atoms with Gasteiger partial charge in [-0.15, -0.1) is 0 Å². The Balaban J connectivity index is 1.77. The van der Waals surface area contributed by atoms with E-state index in [9.17, 15) is 9.18 Å². The molecule has 4 heteroatoms. The number of hydrogen-bond acceptors (Lipinski definition) is 3. The highest BCUT2D eigenvalue weighted by molar-refractivity contribution is 5.90. The van der Waals surface area contributed by atoms with Gasteiger partial charge in [0.2, 0.25) is 0 Å². The standard InChI is InChI=1S/C14H16FNO2/c1-18-14(17)11-7-9(3-4-12(11)15)16-13-5-2-8-6-10(8)13/h3-4,7-8,10,13,16H,2,5-6H2,1H3/t8-,10+,13?/m0/s1. The molecule has 3 rings (SSSR count). The molecule has 0 aromatic heterocycles. The number of rotatable bonds is 3. The van der Waals surface area contributed by atoms with Gasteiger partial charge in [-0.25, -0.2) is 9.18 Å². The number of nitrogens with one attached hydrogen (secondary N) is 1. The Morgan fingerprint density at radius 2 is 2.28 bits per heavy atom. The summed E-state index contributed by atoms with van der Waals surface area (Å²) in [6, 6.07) is 5.01. The third-order valence-electron chi connectivity index (χ3n) is 4.07. The minimum absolute atomic E-state index is 0.00663. The molecule has 1 aromatic rings. The van der Waals surface area contributed by atoms with Crippen LogP contribution in [0.25, 0.3) is 0 Å². The summed E-state index contributed by atoms with van der Waals surface area (Å²) in [6.07, 6.45) is 3.76. The second-order valence-corrected chi connectivity index (χ2v) is 5.17. The number of carbonyl (C=O) groups excluding carboxylic acids is 1. The number of methoxy groups -OCH3 is 1. The van der Waals surface area contributed by atoms with E-state index in [1.165, 1.54) is 38.5 Å². The van der Waals surface area contributed by atoms with Crippen molar-refractivity contribution in [3.05, 3.63) is 29.6 Å². The Hall–Kier alpha value is -1.58. The zero-order valence-corrected chi connectivity index (χ0v) is 10.3. The minimum atomic E-state index is -0.633. The van der Waals surface area contributed by atoms with Crippen LogP contribution in [-0.2, 0) is 4.74 Å². The first-order valence-corrected chi connectivity index (χ1v) is 6.33. The van der Waals surface area contributed by atoms with Crippen LogP contribution < -0.4 is 5.32 Å².